The molecule has 5 nitrogen and oxygen atoms in total. The number of carbonyl (C=O) groups excluding carboxylic acids is 1. The van der Waals surface area contributed by atoms with Crippen molar-refractivity contribution in [1.29, 1.82) is 0 Å². The summed E-state index contributed by atoms with van der Waals surface area (Å²) in [6.45, 7) is 3.28. The lowest BCUT2D eigenvalue weighted by atomic mass is 10.2. The summed E-state index contributed by atoms with van der Waals surface area (Å²) in [4.78, 5) is 11.9. The minimum Gasteiger partial charge on any atom is -0.493 e. The summed E-state index contributed by atoms with van der Waals surface area (Å²) in [7, 11) is 3.21. The Labute approximate surface area is 134 Å². The molecule has 1 saturated heterocycles. The number of amides is 1. The van der Waals surface area contributed by atoms with Crippen molar-refractivity contribution in [3.63, 3.8) is 0 Å². The maximum absolute atomic E-state index is 11.9. The largest absolute Gasteiger partial charge is 0.493 e. The molecule has 0 N–H and O–H groups in total. The highest BCUT2D eigenvalue weighted by Gasteiger charge is 2.31. The average molecular weight is 326 g/mol. The summed E-state index contributed by atoms with van der Waals surface area (Å²) >= 11 is 6.65. The monoisotopic (exact) mass is 326 g/mol. The smallest absolute Gasteiger partial charge is 0.253 e. The Morgan fingerprint density at radius 2 is 2.05 bits per heavy atom. The number of benzene rings is 1. The van der Waals surface area contributed by atoms with E-state index in [0.29, 0.717) is 34.7 Å². The van der Waals surface area contributed by atoms with E-state index in [0.717, 1.165) is 5.56 Å². The van der Waals surface area contributed by atoms with Crippen molar-refractivity contribution >= 4 is 34.2 Å². The summed E-state index contributed by atoms with van der Waals surface area (Å²) in [5, 5.41) is 3.53. The zero-order valence-electron chi connectivity index (χ0n) is 12.3. The number of nitrogens with zero attached hydrogens (tertiary/aromatic N) is 2. The summed E-state index contributed by atoms with van der Waals surface area (Å²) in [5.74, 6) is 1.82. The second-order valence-corrected chi connectivity index (χ2v) is 6.04. The third-order valence-corrected chi connectivity index (χ3v) is 4.53. The summed E-state index contributed by atoms with van der Waals surface area (Å²) in [5.41, 5.74) is 1.03. The summed E-state index contributed by atoms with van der Waals surface area (Å²) < 4.78 is 11.1. The van der Waals surface area contributed by atoms with Gasteiger partial charge in [-0.1, -0.05) is 37.0 Å². The fourth-order valence-corrected chi connectivity index (χ4v) is 3.24. The Morgan fingerprint density at radius 1 is 1.33 bits per heavy atom. The van der Waals surface area contributed by atoms with E-state index >= 15 is 0 Å². The van der Waals surface area contributed by atoms with Gasteiger partial charge in [0.1, 0.15) is 0 Å². The van der Waals surface area contributed by atoms with Crippen molar-refractivity contribution < 1.29 is 14.3 Å². The fraction of sp³-hybridized carbons (Fsp3) is 0.429. The van der Waals surface area contributed by atoms with Gasteiger partial charge in [0.2, 0.25) is 0 Å². The van der Waals surface area contributed by atoms with E-state index in [1.165, 1.54) is 11.8 Å². The lowest BCUT2D eigenvalue weighted by Gasteiger charge is -2.29. The first-order valence-electron chi connectivity index (χ1n) is 6.56. The molecule has 0 saturated carbocycles. The van der Waals surface area contributed by atoms with Gasteiger partial charge in [-0.15, -0.1) is 0 Å². The highest BCUT2D eigenvalue weighted by Crippen LogP contribution is 2.29. The van der Waals surface area contributed by atoms with Crippen LogP contribution in [0.2, 0.25) is 0 Å². The first-order chi connectivity index (χ1) is 10.1. The van der Waals surface area contributed by atoms with Crippen molar-refractivity contribution in [2.45, 2.75) is 13.5 Å². The molecule has 2 rings (SSSR count). The molecule has 7 heteroatoms. The minimum absolute atomic E-state index is 0.0346. The molecule has 1 aromatic rings. The fourth-order valence-electron chi connectivity index (χ4n) is 2.13. The molecular weight excluding hydrogens is 308 g/mol. The molecule has 0 aromatic heterocycles. The van der Waals surface area contributed by atoms with Gasteiger partial charge >= 0.3 is 0 Å². The SMILES string of the molecule is CCN(Cc1ccc(OC)c(OC)c1)N1C(=O)CSC1=S. The van der Waals surface area contributed by atoms with Crippen LogP contribution in [0.4, 0.5) is 0 Å². The van der Waals surface area contributed by atoms with Crippen LogP contribution in [0.3, 0.4) is 0 Å². The zero-order chi connectivity index (χ0) is 15.4. The van der Waals surface area contributed by atoms with Gasteiger partial charge in [0.25, 0.3) is 5.91 Å². The molecule has 1 aliphatic rings. The maximum atomic E-state index is 11.9. The van der Waals surface area contributed by atoms with Gasteiger partial charge in [0.05, 0.1) is 20.0 Å². The van der Waals surface area contributed by atoms with Crippen LogP contribution < -0.4 is 9.47 Å². The van der Waals surface area contributed by atoms with E-state index in [4.69, 9.17) is 21.7 Å². The van der Waals surface area contributed by atoms with E-state index in [1.807, 2.05) is 30.1 Å². The normalized spacial score (nSPS) is 15.0. The Hall–Kier alpha value is -1.31. The van der Waals surface area contributed by atoms with Gasteiger partial charge in [0, 0.05) is 13.1 Å². The van der Waals surface area contributed by atoms with E-state index in [9.17, 15) is 4.79 Å². The van der Waals surface area contributed by atoms with Gasteiger partial charge in [-0.3, -0.25) is 4.79 Å². The second kappa shape index (κ2) is 7.11. The standard InChI is InChI=1S/C14H18N2O3S2/c1-4-15(16-13(17)9-21-14(16)20)8-10-5-6-11(18-2)12(7-10)19-3/h5-7H,4,8-9H2,1-3H3. The molecule has 1 amide bonds. The van der Waals surface area contributed by atoms with E-state index < -0.39 is 0 Å². The number of hydrogen-bond acceptors (Lipinski definition) is 6. The number of hydrazine groups is 1. The Morgan fingerprint density at radius 3 is 2.57 bits per heavy atom. The van der Waals surface area contributed by atoms with Crippen LogP contribution in [0.5, 0.6) is 11.5 Å². The van der Waals surface area contributed by atoms with Crippen LogP contribution in [0.25, 0.3) is 0 Å². The molecule has 21 heavy (non-hydrogen) atoms. The van der Waals surface area contributed by atoms with E-state index in [1.54, 1.807) is 19.2 Å². The topological polar surface area (TPSA) is 42.0 Å². The molecule has 114 valence electrons. The molecule has 1 aromatic carbocycles. The molecule has 0 spiro atoms. The van der Waals surface area contributed by atoms with Crippen LogP contribution in [0.15, 0.2) is 18.2 Å². The predicted octanol–water partition coefficient (Wildman–Crippen LogP) is 2.30. The third kappa shape index (κ3) is 3.48. The van der Waals surface area contributed by atoms with Gasteiger partial charge in [-0.25, -0.2) is 10.0 Å². The van der Waals surface area contributed by atoms with Gasteiger partial charge in [-0.2, -0.15) is 0 Å². The molecule has 0 aliphatic carbocycles. The molecule has 0 unspecified atom stereocenters. The summed E-state index contributed by atoms with van der Waals surface area (Å²) in [6.07, 6.45) is 0. The van der Waals surface area contributed by atoms with Gasteiger partial charge in [-0.05, 0) is 17.7 Å². The lowest BCUT2D eigenvalue weighted by Crippen LogP contribution is -2.44. The predicted molar refractivity (Wildman–Crippen MR) is 87.5 cm³/mol. The molecule has 1 heterocycles. The third-order valence-electron chi connectivity index (χ3n) is 3.19. The first kappa shape index (κ1) is 16.1. The quantitative estimate of drug-likeness (QED) is 0.747. The Balaban J connectivity index is 2.19. The number of rotatable bonds is 6. The van der Waals surface area contributed by atoms with E-state index in [-0.39, 0.29) is 5.91 Å². The van der Waals surface area contributed by atoms with Crippen LogP contribution in [0, 0.1) is 0 Å². The van der Waals surface area contributed by atoms with E-state index in [2.05, 4.69) is 0 Å². The Kier molecular flexibility index (Phi) is 5.44. The molecule has 1 fully saturated rings. The minimum atomic E-state index is 0.0346. The van der Waals surface area contributed by atoms with Crippen molar-refractivity contribution in [2.24, 2.45) is 0 Å². The summed E-state index contributed by atoms with van der Waals surface area (Å²) in [6, 6.07) is 5.74. The highest BCUT2D eigenvalue weighted by molar-refractivity contribution is 8.23. The lowest BCUT2D eigenvalue weighted by molar-refractivity contribution is -0.135. The van der Waals surface area contributed by atoms with Gasteiger partial charge in [0.15, 0.2) is 15.8 Å². The van der Waals surface area contributed by atoms with Crippen molar-refractivity contribution in [1.82, 2.24) is 10.0 Å². The molecule has 0 radical (unpaired) electrons. The number of ether oxygens (including phenoxy) is 2. The number of carbonyl (C=O) groups is 1. The average Bonchev–Trinajstić information content (AvgIpc) is 2.83. The van der Waals surface area contributed by atoms with Gasteiger partial charge < -0.3 is 9.47 Å². The number of hydrogen-bond donors (Lipinski definition) is 0. The van der Waals surface area contributed by atoms with Crippen LogP contribution >= 0.6 is 24.0 Å². The second-order valence-electron chi connectivity index (χ2n) is 4.43. The number of thioether (sulfide) groups is 1. The Bertz CT molecular complexity index is 535. The van der Waals surface area contributed by atoms with Crippen LogP contribution in [-0.2, 0) is 11.3 Å². The number of thiocarbonyl (C=S) groups is 1. The first-order valence-corrected chi connectivity index (χ1v) is 7.95. The number of methoxy groups -OCH3 is 2. The molecular formula is C14H18N2O3S2. The zero-order valence-corrected chi connectivity index (χ0v) is 13.9. The molecule has 1 aliphatic heterocycles. The van der Waals surface area contributed by atoms with Crippen molar-refractivity contribution in [3.8, 4) is 11.5 Å². The maximum Gasteiger partial charge on any atom is 0.253 e. The van der Waals surface area contributed by atoms with Crippen molar-refractivity contribution in [2.75, 3.05) is 26.5 Å². The van der Waals surface area contributed by atoms with Crippen molar-refractivity contribution in [3.05, 3.63) is 23.8 Å². The molecule has 0 bridgehead atoms. The van der Waals surface area contributed by atoms with Crippen LogP contribution in [-0.4, -0.2) is 46.8 Å². The van der Waals surface area contributed by atoms with Crippen LogP contribution in [0.1, 0.15) is 12.5 Å². The highest BCUT2D eigenvalue weighted by atomic mass is 32.2. The molecule has 0 atom stereocenters.